The normalized spacial score (nSPS) is 47.2. The molecule has 4 heterocycles. The molecule has 316 valence electrons. The zero-order valence-electron chi connectivity index (χ0n) is 29.4. The van der Waals surface area contributed by atoms with Gasteiger partial charge in [-0.2, -0.15) is 0 Å². The number of aliphatic hydroxyl groups is 11. The molecule has 54 heavy (non-hydrogen) atoms. The molecule has 4 rings (SSSR count). The lowest BCUT2D eigenvalue weighted by molar-refractivity contribution is -0.386. The van der Waals surface area contributed by atoms with Gasteiger partial charge in [-0.15, -0.1) is 0 Å². The van der Waals surface area contributed by atoms with Crippen molar-refractivity contribution in [2.24, 2.45) is 11.5 Å². The lowest BCUT2D eigenvalue weighted by Gasteiger charge is -2.51. The SMILES string of the molecule is CCOC1OC(CO)[C@H](O)C(O[C@@H]2OC(CO)[C@@H](OC3OC(CO)[C@H](O)C(O[C@]4(C(=O)O)CC(O)[C@@H](N)C(C(O)C(O)CO)O4)C3O)C(OC)C2N)C1O. The van der Waals surface area contributed by atoms with E-state index < -0.39 is 167 Å². The fourth-order valence-corrected chi connectivity index (χ4v) is 6.87. The Balaban J connectivity index is 1.58. The molecule has 0 aromatic heterocycles. The first-order chi connectivity index (χ1) is 25.5. The van der Waals surface area contributed by atoms with E-state index in [4.69, 9.17) is 54.1 Å². The van der Waals surface area contributed by atoms with Crippen molar-refractivity contribution in [3.8, 4) is 0 Å². The lowest BCUT2D eigenvalue weighted by atomic mass is 9.88. The van der Waals surface area contributed by atoms with E-state index in [1.165, 1.54) is 7.11 Å². The number of carboxylic acid groups (broad SMARTS) is 1. The Hall–Kier alpha value is -1.41. The van der Waals surface area contributed by atoms with Gasteiger partial charge in [-0.1, -0.05) is 0 Å². The van der Waals surface area contributed by atoms with Gasteiger partial charge in [0.15, 0.2) is 18.9 Å². The first kappa shape index (κ1) is 45.3. The minimum Gasteiger partial charge on any atom is -0.477 e. The second-order valence-corrected chi connectivity index (χ2v) is 13.4. The molecule has 0 saturated carbocycles. The summed E-state index contributed by atoms with van der Waals surface area (Å²) in [6.07, 6.45) is -31.3. The summed E-state index contributed by atoms with van der Waals surface area (Å²) in [5.74, 6) is -4.90. The number of hydrogen-bond acceptors (Lipinski definition) is 23. The van der Waals surface area contributed by atoms with Crippen molar-refractivity contribution in [1.29, 1.82) is 0 Å². The van der Waals surface area contributed by atoms with E-state index in [9.17, 15) is 66.1 Å². The predicted octanol–water partition coefficient (Wildman–Crippen LogP) is -8.91. The van der Waals surface area contributed by atoms with E-state index in [1.54, 1.807) is 6.92 Å². The number of methoxy groups -OCH3 is 1. The molecule has 4 fully saturated rings. The van der Waals surface area contributed by atoms with Gasteiger partial charge in [0.05, 0.1) is 44.6 Å². The Bertz CT molecular complexity index is 1180. The van der Waals surface area contributed by atoms with Crippen LogP contribution in [0.15, 0.2) is 0 Å². The summed E-state index contributed by atoms with van der Waals surface area (Å²) in [6.45, 7) is -1.75. The number of aliphatic carboxylic acids is 1. The van der Waals surface area contributed by atoms with Gasteiger partial charge >= 0.3 is 5.97 Å². The van der Waals surface area contributed by atoms with Crippen LogP contribution in [0.5, 0.6) is 0 Å². The average Bonchev–Trinajstić information content (AvgIpc) is 3.15. The van der Waals surface area contributed by atoms with E-state index in [-0.39, 0.29) is 6.61 Å². The van der Waals surface area contributed by atoms with Crippen LogP contribution in [-0.2, 0) is 47.4 Å². The van der Waals surface area contributed by atoms with Crippen LogP contribution >= 0.6 is 0 Å². The van der Waals surface area contributed by atoms with Crippen LogP contribution in [-0.4, -0.2) is 236 Å². The van der Waals surface area contributed by atoms with Crippen molar-refractivity contribution in [3.05, 3.63) is 0 Å². The third-order valence-corrected chi connectivity index (χ3v) is 9.90. The molecule has 4 aliphatic rings. The van der Waals surface area contributed by atoms with Gasteiger partial charge in [0.1, 0.15) is 85.5 Å². The third kappa shape index (κ3) is 9.15. The smallest absolute Gasteiger partial charge is 0.364 e. The summed E-state index contributed by atoms with van der Waals surface area (Å²) in [7, 11) is 1.19. The molecule has 0 aliphatic carbocycles. The second-order valence-electron chi connectivity index (χ2n) is 13.4. The minimum atomic E-state index is -2.97. The molecule has 0 aromatic rings. The highest BCUT2D eigenvalue weighted by Gasteiger charge is 2.60. The van der Waals surface area contributed by atoms with Crippen LogP contribution in [0.2, 0.25) is 0 Å². The zero-order chi connectivity index (χ0) is 40.2. The number of rotatable bonds is 16. The summed E-state index contributed by atoms with van der Waals surface area (Å²) in [4.78, 5) is 12.7. The maximum absolute atomic E-state index is 12.7. The fourth-order valence-electron chi connectivity index (χ4n) is 6.87. The van der Waals surface area contributed by atoms with Crippen LogP contribution in [0.4, 0.5) is 0 Å². The third-order valence-electron chi connectivity index (χ3n) is 9.90. The monoisotopic (exact) mass is 794 g/mol. The highest BCUT2D eigenvalue weighted by molar-refractivity contribution is 5.76. The van der Waals surface area contributed by atoms with Crippen LogP contribution < -0.4 is 11.5 Å². The Kier molecular flexibility index (Phi) is 16.2. The number of ether oxygens (including phenoxy) is 9. The highest BCUT2D eigenvalue weighted by atomic mass is 16.8. The molecule has 0 amide bonds. The van der Waals surface area contributed by atoms with Crippen molar-refractivity contribution in [3.63, 3.8) is 0 Å². The molecule has 15 unspecified atom stereocenters. The van der Waals surface area contributed by atoms with Crippen molar-refractivity contribution < 1.29 is 109 Å². The largest absolute Gasteiger partial charge is 0.477 e. The molecular weight excluding hydrogens is 740 g/mol. The molecule has 0 bridgehead atoms. The standard InChI is InChI=1S/C30H54N2O22/c1-3-47-27-19(42)24(17(40)11(6-34)48-27)52-26-15(32)23(46-2)21(13(8-36)50-26)51-28-20(43)25(18(41)12(7-35)49-28)54-30(29(44)45)4-9(37)14(31)22(53-30)16(39)10(38)5-33/h9-28,33-43H,3-8,31-32H2,1-2H3,(H,44,45)/t9?,10?,11?,12?,13?,14-,15?,16?,17+,18+,19?,20?,21-,22?,23?,24?,25?,26+,27?,28?,30+/m1/s1. The van der Waals surface area contributed by atoms with E-state index >= 15 is 0 Å². The maximum atomic E-state index is 12.7. The van der Waals surface area contributed by atoms with Crippen LogP contribution in [0, 0.1) is 0 Å². The van der Waals surface area contributed by atoms with Crippen LogP contribution in [0.25, 0.3) is 0 Å². The Morgan fingerprint density at radius 2 is 1.30 bits per heavy atom. The summed E-state index contributed by atoms with van der Waals surface area (Å²) in [6, 6.07) is -2.85. The fraction of sp³-hybridized carbons (Fsp3) is 0.967. The number of carboxylic acids is 1. The van der Waals surface area contributed by atoms with Crippen molar-refractivity contribution in [1.82, 2.24) is 0 Å². The topological polar surface area (TPSA) is 395 Å². The number of hydrogen-bond donors (Lipinski definition) is 14. The summed E-state index contributed by atoms with van der Waals surface area (Å²) in [5.41, 5.74) is 12.3. The van der Waals surface area contributed by atoms with Crippen molar-refractivity contribution in [2.75, 3.05) is 40.1 Å². The molecule has 0 radical (unpaired) electrons. The Morgan fingerprint density at radius 3 is 1.83 bits per heavy atom. The number of aliphatic hydroxyl groups excluding tert-OH is 11. The Labute approximate surface area is 308 Å². The highest BCUT2D eigenvalue weighted by Crippen LogP contribution is 2.38. The number of nitrogens with two attached hydrogens (primary N) is 2. The minimum absolute atomic E-state index is 0.0908. The van der Waals surface area contributed by atoms with Crippen LogP contribution in [0.1, 0.15) is 13.3 Å². The van der Waals surface area contributed by atoms with Crippen molar-refractivity contribution >= 4 is 5.97 Å². The molecule has 24 heteroatoms. The lowest BCUT2D eigenvalue weighted by Crippen LogP contribution is -2.70. The first-order valence-corrected chi connectivity index (χ1v) is 17.3. The maximum Gasteiger partial charge on any atom is 0.364 e. The van der Waals surface area contributed by atoms with E-state index in [1.807, 2.05) is 0 Å². The van der Waals surface area contributed by atoms with Gasteiger partial charge in [0.25, 0.3) is 5.79 Å². The first-order valence-electron chi connectivity index (χ1n) is 17.3. The number of carbonyl (C=O) groups is 1. The van der Waals surface area contributed by atoms with Crippen LogP contribution in [0.3, 0.4) is 0 Å². The Morgan fingerprint density at radius 1 is 0.759 bits per heavy atom. The summed E-state index contributed by atoms with van der Waals surface area (Å²) in [5, 5.41) is 125. The zero-order valence-corrected chi connectivity index (χ0v) is 29.4. The van der Waals surface area contributed by atoms with Gasteiger partial charge in [-0.25, -0.2) is 4.79 Å². The summed E-state index contributed by atoms with van der Waals surface area (Å²) >= 11 is 0. The molecule has 24 nitrogen and oxygen atoms in total. The second kappa shape index (κ2) is 19.4. The van der Waals surface area contributed by atoms with Gasteiger partial charge in [-0.3, -0.25) is 0 Å². The van der Waals surface area contributed by atoms with E-state index in [0.717, 1.165) is 0 Å². The molecule has 0 aromatic carbocycles. The summed E-state index contributed by atoms with van der Waals surface area (Å²) < 4.78 is 50.7. The van der Waals surface area contributed by atoms with Gasteiger partial charge in [0, 0.05) is 20.1 Å². The molecule has 4 aliphatic heterocycles. The molecular formula is C30H54N2O22. The van der Waals surface area contributed by atoms with Gasteiger partial charge in [-0.05, 0) is 6.92 Å². The molecule has 0 spiro atoms. The molecule has 16 N–H and O–H groups in total. The average molecular weight is 795 g/mol. The van der Waals surface area contributed by atoms with E-state index in [2.05, 4.69) is 0 Å². The predicted molar refractivity (Wildman–Crippen MR) is 169 cm³/mol. The van der Waals surface area contributed by atoms with E-state index in [0.29, 0.717) is 0 Å². The molecule has 4 saturated heterocycles. The van der Waals surface area contributed by atoms with Crippen molar-refractivity contribution in [2.45, 2.75) is 142 Å². The molecule has 21 atom stereocenters. The quantitative estimate of drug-likeness (QED) is 0.0689. The van der Waals surface area contributed by atoms with Gasteiger partial charge in [0.2, 0.25) is 0 Å². The van der Waals surface area contributed by atoms with Gasteiger partial charge < -0.3 is 115 Å².